The quantitative estimate of drug-likeness (QED) is 0.357. The third-order valence-corrected chi connectivity index (χ3v) is 2.36. The van der Waals surface area contributed by atoms with Crippen LogP contribution in [0.1, 0.15) is 17.9 Å². The minimum Gasteiger partial charge on any atom is -0.294 e. The van der Waals surface area contributed by atoms with Crippen LogP contribution in [0, 0.1) is 5.82 Å². The minimum absolute atomic E-state index is 0.270. The number of amides is 1. The fourth-order valence-electron chi connectivity index (χ4n) is 1.40. The normalized spacial score (nSPS) is 12.2. The molecule has 1 aromatic carbocycles. The van der Waals surface area contributed by atoms with Gasteiger partial charge in [0.05, 0.1) is 5.92 Å². The average molecular weight is 231 g/mol. The van der Waals surface area contributed by atoms with Crippen LogP contribution in [0.2, 0.25) is 0 Å². The molecule has 5 heteroatoms. The molecule has 1 rings (SSSR count). The standard InChI is InChI=1S/C10H12ClFN2O/c11-6-5-8(10(15)14-13)7-3-1-2-4-9(7)12/h1-4,8H,5-6,13H2,(H,14,15). The first-order valence-corrected chi connectivity index (χ1v) is 5.05. The SMILES string of the molecule is NNC(=O)C(CCCl)c1ccccc1F. The molecule has 1 amide bonds. The summed E-state index contributed by atoms with van der Waals surface area (Å²) in [5, 5.41) is 0. The van der Waals surface area contributed by atoms with Gasteiger partial charge in [0.1, 0.15) is 5.82 Å². The maximum absolute atomic E-state index is 13.4. The predicted octanol–water partition coefficient (Wildman–Crippen LogP) is 1.53. The number of nitrogens with one attached hydrogen (secondary N) is 1. The summed E-state index contributed by atoms with van der Waals surface area (Å²) in [6.07, 6.45) is 0.353. The fourth-order valence-corrected chi connectivity index (χ4v) is 1.61. The molecule has 0 radical (unpaired) electrons. The number of hydrogen-bond donors (Lipinski definition) is 2. The molecule has 15 heavy (non-hydrogen) atoms. The summed E-state index contributed by atoms with van der Waals surface area (Å²) < 4.78 is 13.4. The van der Waals surface area contributed by atoms with E-state index in [-0.39, 0.29) is 5.88 Å². The van der Waals surface area contributed by atoms with Crippen molar-refractivity contribution in [1.29, 1.82) is 0 Å². The van der Waals surface area contributed by atoms with Gasteiger partial charge in [-0.25, -0.2) is 10.2 Å². The van der Waals surface area contributed by atoms with Crippen LogP contribution in [0.15, 0.2) is 24.3 Å². The molecular formula is C10H12ClFN2O. The van der Waals surface area contributed by atoms with Gasteiger partial charge in [0.25, 0.3) is 0 Å². The lowest BCUT2D eigenvalue weighted by Gasteiger charge is -2.14. The summed E-state index contributed by atoms with van der Waals surface area (Å²) in [6.45, 7) is 0. The predicted molar refractivity (Wildman–Crippen MR) is 56.8 cm³/mol. The zero-order valence-corrected chi connectivity index (χ0v) is 8.80. The molecule has 1 unspecified atom stereocenters. The highest BCUT2D eigenvalue weighted by Crippen LogP contribution is 2.22. The molecule has 3 nitrogen and oxygen atoms in total. The Morgan fingerprint density at radius 1 is 1.53 bits per heavy atom. The van der Waals surface area contributed by atoms with Crippen LogP contribution < -0.4 is 11.3 Å². The maximum atomic E-state index is 13.4. The minimum atomic E-state index is -0.631. The lowest BCUT2D eigenvalue weighted by molar-refractivity contribution is -0.122. The number of hydrazine groups is 1. The number of halogens is 2. The summed E-state index contributed by atoms with van der Waals surface area (Å²) in [5.74, 6) is 3.81. The van der Waals surface area contributed by atoms with Crippen LogP contribution in [0.25, 0.3) is 0 Å². The Balaban J connectivity index is 2.98. The Labute approximate surface area is 92.4 Å². The molecule has 3 N–H and O–H groups in total. The molecule has 0 aromatic heterocycles. The van der Waals surface area contributed by atoms with Crippen molar-refractivity contribution in [3.05, 3.63) is 35.6 Å². The highest BCUT2D eigenvalue weighted by atomic mass is 35.5. The van der Waals surface area contributed by atoms with Crippen molar-refractivity contribution in [3.63, 3.8) is 0 Å². The van der Waals surface area contributed by atoms with Gasteiger partial charge in [0.2, 0.25) is 5.91 Å². The van der Waals surface area contributed by atoms with Gasteiger partial charge in [-0.15, -0.1) is 11.6 Å². The van der Waals surface area contributed by atoms with E-state index < -0.39 is 17.6 Å². The highest BCUT2D eigenvalue weighted by Gasteiger charge is 2.21. The Morgan fingerprint density at radius 2 is 2.20 bits per heavy atom. The number of hydrogen-bond acceptors (Lipinski definition) is 2. The van der Waals surface area contributed by atoms with Gasteiger partial charge in [0.15, 0.2) is 0 Å². The van der Waals surface area contributed by atoms with Crippen LogP contribution in [0.3, 0.4) is 0 Å². The van der Waals surface area contributed by atoms with Crippen LogP contribution in [-0.2, 0) is 4.79 Å². The van der Waals surface area contributed by atoms with E-state index in [1.807, 2.05) is 5.43 Å². The second kappa shape index (κ2) is 5.68. The Bertz CT molecular complexity index is 346. The van der Waals surface area contributed by atoms with Gasteiger partial charge in [-0.2, -0.15) is 0 Å². The number of benzene rings is 1. The first-order valence-electron chi connectivity index (χ1n) is 4.51. The van der Waals surface area contributed by atoms with E-state index in [0.717, 1.165) is 0 Å². The topological polar surface area (TPSA) is 55.1 Å². The molecule has 0 saturated carbocycles. The lowest BCUT2D eigenvalue weighted by atomic mass is 9.95. The third-order valence-electron chi connectivity index (χ3n) is 2.14. The largest absolute Gasteiger partial charge is 0.294 e. The van der Waals surface area contributed by atoms with Crippen LogP contribution >= 0.6 is 11.6 Å². The average Bonchev–Trinajstić information content (AvgIpc) is 2.26. The molecular weight excluding hydrogens is 219 g/mol. The van der Waals surface area contributed by atoms with E-state index in [2.05, 4.69) is 0 Å². The third kappa shape index (κ3) is 2.91. The van der Waals surface area contributed by atoms with E-state index in [9.17, 15) is 9.18 Å². The van der Waals surface area contributed by atoms with Crippen molar-refractivity contribution in [2.45, 2.75) is 12.3 Å². The summed E-state index contributed by atoms with van der Waals surface area (Å²) in [5.41, 5.74) is 2.33. The second-order valence-corrected chi connectivity index (χ2v) is 3.44. The van der Waals surface area contributed by atoms with E-state index in [1.165, 1.54) is 6.07 Å². The number of rotatable bonds is 4. The molecule has 0 fully saturated rings. The summed E-state index contributed by atoms with van der Waals surface area (Å²) >= 11 is 5.56. The molecule has 0 bridgehead atoms. The summed E-state index contributed by atoms with van der Waals surface area (Å²) in [7, 11) is 0. The number of alkyl halides is 1. The molecule has 82 valence electrons. The van der Waals surface area contributed by atoms with Crippen molar-refractivity contribution >= 4 is 17.5 Å². The van der Waals surface area contributed by atoms with Gasteiger partial charge in [-0.1, -0.05) is 18.2 Å². The van der Waals surface area contributed by atoms with Crippen molar-refractivity contribution in [1.82, 2.24) is 5.43 Å². The number of carbonyl (C=O) groups is 1. The van der Waals surface area contributed by atoms with Crippen LogP contribution in [-0.4, -0.2) is 11.8 Å². The first kappa shape index (κ1) is 11.9. The first-order chi connectivity index (χ1) is 7.20. The summed E-state index contributed by atoms with van der Waals surface area (Å²) in [4.78, 5) is 11.4. The van der Waals surface area contributed by atoms with Gasteiger partial charge in [-0.05, 0) is 12.5 Å². The van der Waals surface area contributed by atoms with Crippen molar-refractivity contribution in [2.24, 2.45) is 5.84 Å². The highest BCUT2D eigenvalue weighted by molar-refractivity contribution is 6.18. The fraction of sp³-hybridized carbons (Fsp3) is 0.300. The maximum Gasteiger partial charge on any atom is 0.241 e. The van der Waals surface area contributed by atoms with Crippen molar-refractivity contribution < 1.29 is 9.18 Å². The summed E-state index contributed by atoms with van der Waals surface area (Å²) in [6, 6.07) is 6.10. The Hall–Kier alpha value is -1.13. The van der Waals surface area contributed by atoms with Gasteiger partial charge >= 0.3 is 0 Å². The molecule has 0 heterocycles. The Kier molecular flexibility index (Phi) is 4.52. The smallest absolute Gasteiger partial charge is 0.241 e. The van der Waals surface area contributed by atoms with Gasteiger partial charge in [0, 0.05) is 11.4 Å². The van der Waals surface area contributed by atoms with Gasteiger partial charge in [-0.3, -0.25) is 10.2 Å². The number of carbonyl (C=O) groups excluding carboxylic acids is 1. The van der Waals surface area contributed by atoms with Crippen LogP contribution in [0.5, 0.6) is 0 Å². The van der Waals surface area contributed by atoms with E-state index in [1.54, 1.807) is 18.2 Å². The van der Waals surface area contributed by atoms with E-state index in [4.69, 9.17) is 17.4 Å². The van der Waals surface area contributed by atoms with Crippen molar-refractivity contribution in [2.75, 3.05) is 5.88 Å². The molecule has 0 aliphatic heterocycles. The Morgan fingerprint density at radius 3 is 2.73 bits per heavy atom. The molecule has 1 aromatic rings. The van der Waals surface area contributed by atoms with Crippen LogP contribution in [0.4, 0.5) is 4.39 Å². The lowest BCUT2D eigenvalue weighted by Crippen LogP contribution is -2.35. The van der Waals surface area contributed by atoms with E-state index in [0.29, 0.717) is 12.0 Å². The van der Waals surface area contributed by atoms with Crippen molar-refractivity contribution in [3.8, 4) is 0 Å². The molecule has 0 aliphatic carbocycles. The molecule has 0 saturated heterocycles. The zero-order valence-electron chi connectivity index (χ0n) is 8.04. The van der Waals surface area contributed by atoms with Gasteiger partial charge < -0.3 is 0 Å². The molecule has 0 spiro atoms. The second-order valence-electron chi connectivity index (χ2n) is 3.06. The zero-order chi connectivity index (χ0) is 11.3. The van der Waals surface area contributed by atoms with E-state index >= 15 is 0 Å². The molecule has 0 aliphatic rings. The monoisotopic (exact) mass is 230 g/mol. The molecule has 1 atom stereocenters. The number of nitrogens with two attached hydrogens (primary N) is 1.